The first-order valence-electron chi connectivity index (χ1n) is 5.98. The van der Waals surface area contributed by atoms with Crippen molar-refractivity contribution in [3.05, 3.63) is 11.3 Å². The van der Waals surface area contributed by atoms with Crippen LogP contribution in [0.3, 0.4) is 0 Å². The number of hydrogen-bond donors (Lipinski definition) is 1. The normalized spacial score (nSPS) is 30.6. The van der Waals surface area contributed by atoms with E-state index in [-0.39, 0.29) is 11.5 Å². The van der Waals surface area contributed by atoms with E-state index in [0.717, 1.165) is 30.5 Å². The summed E-state index contributed by atoms with van der Waals surface area (Å²) in [5.41, 5.74) is 7.86. The van der Waals surface area contributed by atoms with Gasteiger partial charge in [-0.1, -0.05) is 0 Å². The Balaban J connectivity index is 2.06. The van der Waals surface area contributed by atoms with Gasteiger partial charge in [0.1, 0.15) is 5.82 Å². The first-order valence-corrected chi connectivity index (χ1v) is 7.81. The standard InChI is InChI=1S/C11H17N3O2S/c1-11(5-6-17(15,16)7-11)14-10(12)8-3-2-4-9(8)13-14/h2-7,12H2,1H3. The zero-order valence-electron chi connectivity index (χ0n) is 9.94. The molecule has 1 aromatic rings. The Morgan fingerprint density at radius 3 is 2.76 bits per heavy atom. The molecule has 1 unspecified atom stereocenters. The molecule has 1 saturated heterocycles. The van der Waals surface area contributed by atoms with Gasteiger partial charge in [-0.15, -0.1) is 0 Å². The number of sulfone groups is 1. The molecule has 0 radical (unpaired) electrons. The molecule has 2 heterocycles. The maximum atomic E-state index is 11.6. The quantitative estimate of drug-likeness (QED) is 0.792. The molecule has 94 valence electrons. The van der Waals surface area contributed by atoms with E-state index in [2.05, 4.69) is 5.10 Å². The van der Waals surface area contributed by atoms with E-state index < -0.39 is 15.4 Å². The second kappa shape index (κ2) is 3.25. The highest BCUT2D eigenvalue weighted by molar-refractivity contribution is 7.91. The van der Waals surface area contributed by atoms with Crippen molar-refractivity contribution in [2.45, 2.75) is 38.1 Å². The summed E-state index contributed by atoms with van der Waals surface area (Å²) >= 11 is 0. The van der Waals surface area contributed by atoms with Crippen LogP contribution in [0.5, 0.6) is 0 Å². The lowest BCUT2D eigenvalue weighted by atomic mass is 10.0. The van der Waals surface area contributed by atoms with Crippen molar-refractivity contribution in [2.24, 2.45) is 0 Å². The van der Waals surface area contributed by atoms with Crippen LogP contribution < -0.4 is 5.73 Å². The Morgan fingerprint density at radius 1 is 1.41 bits per heavy atom. The van der Waals surface area contributed by atoms with E-state index >= 15 is 0 Å². The molecular formula is C11H17N3O2S. The third kappa shape index (κ3) is 1.57. The molecule has 2 N–H and O–H groups in total. The van der Waals surface area contributed by atoms with Gasteiger partial charge in [0.2, 0.25) is 0 Å². The molecule has 17 heavy (non-hydrogen) atoms. The van der Waals surface area contributed by atoms with Gasteiger partial charge in [-0.3, -0.25) is 0 Å². The summed E-state index contributed by atoms with van der Waals surface area (Å²) in [6, 6.07) is 0. The molecule has 5 nitrogen and oxygen atoms in total. The second-order valence-corrected chi connectivity index (χ2v) is 7.60. The fourth-order valence-corrected chi connectivity index (χ4v) is 5.10. The number of rotatable bonds is 1. The molecule has 1 aromatic heterocycles. The third-order valence-electron chi connectivity index (χ3n) is 3.94. The first-order chi connectivity index (χ1) is 7.91. The summed E-state index contributed by atoms with van der Waals surface area (Å²) in [6.07, 6.45) is 3.66. The zero-order valence-corrected chi connectivity index (χ0v) is 10.8. The van der Waals surface area contributed by atoms with Crippen molar-refractivity contribution < 1.29 is 8.42 Å². The summed E-state index contributed by atoms with van der Waals surface area (Å²) in [5.74, 6) is 1.08. The van der Waals surface area contributed by atoms with Crippen LogP contribution in [-0.4, -0.2) is 29.7 Å². The van der Waals surface area contributed by atoms with E-state index in [4.69, 9.17) is 5.73 Å². The summed E-state index contributed by atoms with van der Waals surface area (Å²) in [5, 5.41) is 4.54. The van der Waals surface area contributed by atoms with Crippen molar-refractivity contribution in [3.8, 4) is 0 Å². The maximum absolute atomic E-state index is 11.6. The van der Waals surface area contributed by atoms with E-state index in [9.17, 15) is 8.42 Å². The van der Waals surface area contributed by atoms with Crippen molar-refractivity contribution >= 4 is 15.7 Å². The molecule has 0 amide bonds. The molecule has 0 bridgehead atoms. The minimum Gasteiger partial charge on any atom is -0.384 e. The summed E-state index contributed by atoms with van der Waals surface area (Å²) in [6.45, 7) is 1.94. The molecule has 1 atom stereocenters. The average Bonchev–Trinajstić information content (AvgIpc) is 2.85. The van der Waals surface area contributed by atoms with E-state index in [0.29, 0.717) is 12.2 Å². The van der Waals surface area contributed by atoms with Gasteiger partial charge >= 0.3 is 0 Å². The Bertz CT molecular complexity index is 576. The van der Waals surface area contributed by atoms with Gasteiger partial charge in [-0.25, -0.2) is 13.1 Å². The van der Waals surface area contributed by atoms with Crippen LogP contribution in [0.25, 0.3) is 0 Å². The van der Waals surface area contributed by atoms with Gasteiger partial charge in [0, 0.05) is 5.56 Å². The van der Waals surface area contributed by atoms with Crippen molar-refractivity contribution in [3.63, 3.8) is 0 Å². The summed E-state index contributed by atoms with van der Waals surface area (Å²) in [4.78, 5) is 0. The Labute approximate surface area is 101 Å². The van der Waals surface area contributed by atoms with Gasteiger partial charge in [0.15, 0.2) is 9.84 Å². The number of anilines is 1. The number of nitrogens with two attached hydrogens (primary N) is 1. The summed E-state index contributed by atoms with van der Waals surface area (Å²) in [7, 11) is -2.93. The highest BCUT2D eigenvalue weighted by atomic mass is 32.2. The third-order valence-corrected chi connectivity index (χ3v) is 5.83. The number of nitrogen functional groups attached to an aromatic ring is 1. The van der Waals surface area contributed by atoms with Crippen LogP contribution in [0, 0.1) is 0 Å². The fourth-order valence-electron chi connectivity index (χ4n) is 2.99. The van der Waals surface area contributed by atoms with Gasteiger partial charge < -0.3 is 5.73 Å². The highest BCUT2D eigenvalue weighted by Gasteiger charge is 2.42. The lowest BCUT2D eigenvalue weighted by molar-refractivity contribution is 0.331. The lowest BCUT2D eigenvalue weighted by Crippen LogP contribution is -2.33. The maximum Gasteiger partial charge on any atom is 0.152 e. The fraction of sp³-hybridized carbons (Fsp3) is 0.727. The van der Waals surface area contributed by atoms with Crippen molar-refractivity contribution in [1.29, 1.82) is 0 Å². The van der Waals surface area contributed by atoms with E-state index in [1.807, 2.05) is 6.92 Å². The van der Waals surface area contributed by atoms with Gasteiger partial charge in [0.05, 0.1) is 22.7 Å². The Morgan fingerprint density at radius 2 is 2.18 bits per heavy atom. The van der Waals surface area contributed by atoms with E-state index in [1.165, 1.54) is 0 Å². The number of aryl methyl sites for hydroxylation is 1. The Hall–Kier alpha value is -1.04. The second-order valence-electron chi connectivity index (χ2n) is 5.41. The van der Waals surface area contributed by atoms with Crippen molar-refractivity contribution in [1.82, 2.24) is 9.78 Å². The molecular weight excluding hydrogens is 238 g/mol. The molecule has 2 aliphatic rings. The lowest BCUT2D eigenvalue weighted by Gasteiger charge is -2.24. The largest absolute Gasteiger partial charge is 0.384 e. The monoisotopic (exact) mass is 255 g/mol. The Kier molecular flexibility index (Phi) is 2.12. The average molecular weight is 255 g/mol. The molecule has 6 heteroatoms. The topological polar surface area (TPSA) is 78.0 Å². The smallest absolute Gasteiger partial charge is 0.152 e. The molecule has 1 aliphatic heterocycles. The van der Waals surface area contributed by atoms with Gasteiger partial charge in [-0.05, 0) is 32.6 Å². The number of aromatic nitrogens is 2. The van der Waals surface area contributed by atoms with Crippen LogP contribution >= 0.6 is 0 Å². The molecule has 0 saturated carbocycles. The van der Waals surface area contributed by atoms with Gasteiger partial charge in [-0.2, -0.15) is 5.10 Å². The first kappa shape index (κ1) is 11.1. The van der Waals surface area contributed by atoms with Crippen LogP contribution in [0.4, 0.5) is 5.82 Å². The number of hydrogen-bond acceptors (Lipinski definition) is 4. The molecule has 1 aliphatic carbocycles. The molecule has 0 aromatic carbocycles. The minimum atomic E-state index is -2.93. The highest BCUT2D eigenvalue weighted by Crippen LogP contribution is 2.36. The SMILES string of the molecule is CC1(n2nc3c(c2N)CCC3)CCS(=O)(=O)C1. The predicted octanol–water partition coefficient (Wildman–Crippen LogP) is 0.488. The summed E-state index contributed by atoms with van der Waals surface area (Å²) < 4.78 is 25.0. The molecule has 3 rings (SSSR count). The van der Waals surface area contributed by atoms with Crippen LogP contribution in [0.15, 0.2) is 0 Å². The molecule has 1 fully saturated rings. The van der Waals surface area contributed by atoms with Crippen molar-refractivity contribution in [2.75, 3.05) is 17.2 Å². The molecule has 0 spiro atoms. The minimum absolute atomic E-state index is 0.157. The number of fused-ring (bicyclic) bond motifs is 1. The zero-order chi connectivity index (χ0) is 12.3. The number of nitrogens with zero attached hydrogens (tertiary/aromatic N) is 2. The van der Waals surface area contributed by atoms with Gasteiger partial charge in [0.25, 0.3) is 0 Å². The predicted molar refractivity (Wildman–Crippen MR) is 65.6 cm³/mol. The van der Waals surface area contributed by atoms with Crippen LogP contribution in [-0.2, 0) is 28.2 Å². The van der Waals surface area contributed by atoms with Crippen LogP contribution in [0.2, 0.25) is 0 Å². The van der Waals surface area contributed by atoms with E-state index in [1.54, 1.807) is 4.68 Å². The van der Waals surface area contributed by atoms with Crippen LogP contribution in [0.1, 0.15) is 31.0 Å².